The Kier molecular flexibility index (Phi) is 4.95. The molecule has 21 heavy (non-hydrogen) atoms. The highest BCUT2D eigenvalue weighted by Gasteiger charge is 2.27. The first-order chi connectivity index (χ1) is 10.0. The topological polar surface area (TPSA) is 79.6 Å². The van der Waals surface area contributed by atoms with Crippen LogP contribution < -0.4 is 4.90 Å². The number of nitrogens with zero attached hydrogens (tertiary/aromatic N) is 4. The normalized spacial score (nSPS) is 16.0. The van der Waals surface area contributed by atoms with Crippen LogP contribution in [0.3, 0.4) is 0 Å². The van der Waals surface area contributed by atoms with E-state index in [-0.39, 0.29) is 29.0 Å². The van der Waals surface area contributed by atoms with Crippen molar-refractivity contribution in [1.82, 2.24) is 9.88 Å². The molecule has 0 saturated carbocycles. The molecule has 0 N–H and O–H groups in total. The summed E-state index contributed by atoms with van der Waals surface area (Å²) in [6.07, 6.45) is 3.02. The lowest BCUT2D eigenvalue weighted by molar-refractivity contribution is -0.384. The summed E-state index contributed by atoms with van der Waals surface area (Å²) in [5.41, 5.74) is -0.167. The second-order valence-electron chi connectivity index (χ2n) is 4.91. The zero-order chi connectivity index (χ0) is 15.4. The van der Waals surface area contributed by atoms with Gasteiger partial charge in [-0.2, -0.15) is 0 Å². The molecule has 7 nitrogen and oxygen atoms in total. The molecule has 0 aliphatic carbocycles. The average molecular weight is 313 g/mol. The van der Waals surface area contributed by atoms with E-state index in [9.17, 15) is 14.9 Å². The molecule has 0 radical (unpaired) electrons. The number of rotatable bonds is 4. The third-order valence-corrected chi connectivity index (χ3v) is 3.55. The molecule has 0 atom stereocenters. The van der Waals surface area contributed by atoms with E-state index < -0.39 is 4.92 Å². The van der Waals surface area contributed by atoms with Gasteiger partial charge in [0.25, 0.3) is 0 Å². The summed E-state index contributed by atoms with van der Waals surface area (Å²) in [7, 11) is 0. The summed E-state index contributed by atoms with van der Waals surface area (Å²) in [6, 6.07) is 1.27. The van der Waals surface area contributed by atoms with Gasteiger partial charge < -0.3 is 9.80 Å². The maximum absolute atomic E-state index is 12.2. The highest BCUT2D eigenvalue weighted by Crippen LogP contribution is 2.29. The summed E-state index contributed by atoms with van der Waals surface area (Å²) < 4.78 is 0. The molecule has 1 fully saturated rings. The predicted molar refractivity (Wildman–Crippen MR) is 79.6 cm³/mol. The van der Waals surface area contributed by atoms with Crippen LogP contribution in [0, 0.1) is 10.1 Å². The fourth-order valence-corrected chi connectivity index (χ4v) is 2.56. The van der Waals surface area contributed by atoms with Crippen LogP contribution in [0.4, 0.5) is 11.5 Å². The molecule has 0 aromatic carbocycles. The molecule has 2 rings (SSSR count). The van der Waals surface area contributed by atoms with Crippen molar-refractivity contribution < 1.29 is 9.72 Å². The Balaban J connectivity index is 2.26. The first kappa shape index (κ1) is 15.5. The van der Waals surface area contributed by atoms with E-state index in [0.717, 1.165) is 12.8 Å². The molecule has 0 bridgehead atoms. The minimum absolute atomic E-state index is 0.0274. The number of amides is 1. The molecule has 1 aromatic rings. The van der Waals surface area contributed by atoms with Crippen LogP contribution in [0.25, 0.3) is 0 Å². The number of hydrogen-bond donors (Lipinski definition) is 0. The van der Waals surface area contributed by atoms with Crippen LogP contribution in [0.2, 0.25) is 5.02 Å². The van der Waals surface area contributed by atoms with E-state index in [0.29, 0.717) is 19.6 Å². The molecule has 0 spiro atoms. The minimum atomic E-state index is -0.520. The van der Waals surface area contributed by atoms with Gasteiger partial charge in [0.2, 0.25) is 11.7 Å². The summed E-state index contributed by atoms with van der Waals surface area (Å²) in [5.74, 6) is 0.177. The Morgan fingerprint density at radius 2 is 2.24 bits per heavy atom. The lowest BCUT2D eigenvalue weighted by atomic mass is 10.3. The number of anilines is 1. The predicted octanol–water partition coefficient (Wildman–Crippen LogP) is 2.09. The highest BCUT2D eigenvalue weighted by atomic mass is 35.5. The summed E-state index contributed by atoms with van der Waals surface area (Å²) >= 11 is 5.76. The Labute approximate surface area is 127 Å². The van der Waals surface area contributed by atoms with E-state index in [1.54, 1.807) is 9.80 Å². The van der Waals surface area contributed by atoms with Crippen molar-refractivity contribution in [2.75, 3.05) is 31.1 Å². The van der Waals surface area contributed by atoms with Gasteiger partial charge in [-0.15, -0.1) is 0 Å². The van der Waals surface area contributed by atoms with Crippen molar-refractivity contribution >= 4 is 29.0 Å². The first-order valence-electron chi connectivity index (χ1n) is 6.85. The highest BCUT2D eigenvalue weighted by molar-refractivity contribution is 6.30. The zero-order valence-electron chi connectivity index (χ0n) is 11.8. The standard InChI is InChI=1S/C13H17ClN4O3/c1-2-4-16-5-3-6-17(9-12(16)19)13-11(18(20)21)7-10(14)8-15-13/h7-8H,2-6,9H2,1H3. The minimum Gasteiger partial charge on any atom is -0.342 e. The van der Waals surface area contributed by atoms with Crippen LogP contribution in [-0.4, -0.2) is 46.9 Å². The molecular formula is C13H17ClN4O3. The maximum atomic E-state index is 12.2. The van der Waals surface area contributed by atoms with Crippen LogP contribution in [0.15, 0.2) is 12.3 Å². The average Bonchev–Trinajstić information content (AvgIpc) is 2.62. The van der Waals surface area contributed by atoms with E-state index >= 15 is 0 Å². The Morgan fingerprint density at radius 1 is 1.48 bits per heavy atom. The van der Waals surface area contributed by atoms with Crippen molar-refractivity contribution in [3.63, 3.8) is 0 Å². The smallest absolute Gasteiger partial charge is 0.313 e. The second-order valence-corrected chi connectivity index (χ2v) is 5.35. The van der Waals surface area contributed by atoms with Gasteiger partial charge in [-0.3, -0.25) is 14.9 Å². The second kappa shape index (κ2) is 6.71. The third kappa shape index (κ3) is 3.60. The summed E-state index contributed by atoms with van der Waals surface area (Å²) in [6.45, 7) is 4.06. The maximum Gasteiger partial charge on any atom is 0.313 e. The van der Waals surface area contributed by atoms with E-state index in [1.165, 1.54) is 12.3 Å². The fourth-order valence-electron chi connectivity index (χ4n) is 2.41. The first-order valence-corrected chi connectivity index (χ1v) is 7.23. The molecular weight excluding hydrogens is 296 g/mol. The zero-order valence-corrected chi connectivity index (χ0v) is 12.5. The summed E-state index contributed by atoms with van der Waals surface area (Å²) in [4.78, 5) is 30.3. The quantitative estimate of drug-likeness (QED) is 0.628. The third-order valence-electron chi connectivity index (χ3n) is 3.34. The molecule has 0 unspecified atom stereocenters. The Morgan fingerprint density at radius 3 is 2.90 bits per heavy atom. The van der Waals surface area contributed by atoms with Gasteiger partial charge in [0.15, 0.2) is 0 Å². The van der Waals surface area contributed by atoms with Gasteiger partial charge in [-0.1, -0.05) is 18.5 Å². The lowest BCUT2D eigenvalue weighted by Gasteiger charge is -2.21. The van der Waals surface area contributed by atoms with E-state index in [1.807, 2.05) is 6.92 Å². The monoisotopic (exact) mass is 312 g/mol. The number of hydrogen-bond acceptors (Lipinski definition) is 5. The van der Waals surface area contributed by atoms with Crippen molar-refractivity contribution in [2.45, 2.75) is 19.8 Å². The number of carbonyl (C=O) groups excluding carboxylic acids is 1. The van der Waals surface area contributed by atoms with Gasteiger partial charge in [0, 0.05) is 31.9 Å². The van der Waals surface area contributed by atoms with Crippen LogP contribution >= 0.6 is 11.6 Å². The van der Waals surface area contributed by atoms with Crippen LogP contribution in [0.1, 0.15) is 19.8 Å². The van der Waals surface area contributed by atoms with Gasteiger partial charge in [-0.05, 0) is 12.8 Å². The molecule has 1 amide bonds. The van der Waals surface area contributed by atoms with Gasteiger partial charge in [0.05, 0.1) is 16.5 Å². The molecule has 1 aliphatic heterocycles. The van der Waals surface area contributed by atoms with E-state index in [2.05, 4.69) is 4.98 Å². The molecule has 1 saturated heterocycles. The summed E-state index contributed by atoms with van der Waals surface area (Å²) in [5, 5.41) is 11.3. The number of aromatic nitrogens is 1. The Bertz CT molecular complexity index is 552. The number of halogens is 1. The van der Waals surface area contributed by atoms with Gasteiger partial charge in [0.1, 0.15) is 0 Å². The van der Waals surface area contributed by atoms with Crippen molar-refractivity contribution in [3.8, 4) is 0 Å². The molecule has 1 aliphatic rings. The molecule has 2 heterocycles. The molecule has 114 valence electrons. The Hall–Kier alpha value is -1.89. The van der Waals surface area contributed by atoms with Gasteiger partial charge in [-0.25, -0.2) is 4.98 Å². The van der Waals surface area contributed by atoms with Crippen molar-refractivity contribution in [1.29, 1.82) is 0 Å². The number of carbonyl (C=O) groups is 1. The SMILES string of the molecule is CCCN1CCCN(c2ncc(Cl)cc2[N+](=O)[O-])CC1=O. The van der Waals surface area contributed by atoms with Crippen molar-refractivity contribution in [3.05, 3.63) is 27.4 Å². The number of nitro groups is 1. The van der Waals surface area contributed by atoms with Crippen molar-refractivity contribution in [2.24, 2.45) is 0 Å². The van der Waals surface area contributed by atoms with E-state index in [4.69, 9.17) is 11.6 Å². The van der Waals surface area contributed by atoms with Crippen LogP contribution in [0.5, 0.6) is 0 Å². The lowest BCUT2D eigenvalue weighted by Crippen LogP contribution is -2.37. The van der Waals surface area contributed by atoms with Gasteiger partial charge >= 0.3 is 5.69 Å². The fraction of sp³-hybridized carbons (Fsp3) is 0.538. The van der Waals surface area contributed by atoms with Crippen LogP contribution in [-0.2, 0) is 4.79 Å². The largest absolute Gasteiger partial charge is 0.342 e. The number of pyridine rings is 1. The molecule has 1 aromatic heterocycles. The molecule has 8 heteroatoms.